The van der Waals surface area contributed by atoms with Gasteiger partial charge in [0.05, 0.1) is 4.90 Å². The smallest absolute Gasteiger partial charge is 0.243 e. The minimum Gasteiger partial charge on any atom is -0.339 e. The summed E-state index contributed by atoms with van der Waals surface area (Å²) in [6.07, 6.45) is 1.32. The number of aromatic nitrogens is 2. The molecule has 4 rings (SSSR count). The summed E-state index contributed by atoms with van der Waals surface area (Å²) in [6.45, 7) is 4.79. The predicted octanol–water partition coefficient (Wildman–Crippen LogP) is 4.68. The lowest BCUT2D eigenvalue weighted by Gasteiger charge is -2.29. The van der Waals surface area contributed by atoms with Crippen molar-refractivity contribution in [3.63, 3.8) is 0 Å². The number of rotatable bonds is 4. The first-order chi connectivity index (χ1) is 13.8. The van der Waals surface area contributed by atoms with Gasteiger partial charge in [-0.1, -0.05) is 27.2 Å². The molecule has 6 nitrogen and oxygen atoms in total. The maximum Gasteiger partial charge on any atom is 0.243 e. The highest BCUT2D eigenvalue weighted by molar-refractivity contribution is 9.10. The van der Waals surface area contributed by atoms with Crippen LogP contribution in [0.25, 0.3) is 11.4 Å². The number of nitrogens with zero attached hydrogens (tertiary/aromatic N) is 3. The molecule has 0 amide bonds. The maximum absolute atomic E-state index is 13.0. The van der Waals surface area contributed by atoms with E-state index < -0.39 is 10.0 Å². The molecule has 29 heavy (non-hydrogen) atoms. The standard InChI is InChI=1S/C21H22BrN3O3S/c1-14-3-8-19(13-15(14)2)29(26,27)25-11-9-17(10-12-25)21-23-20(24-28-21)16-4-6-18(22)7-5-16/h3-8,13,17H,9-12H2,1-2H3. The van der Waals surface area contributed by atoms with Crippen LogP contribution in [0.4, 0.5) is 0 Å². The van der Waals surface area contributed by atoms with E-state index in [0.29, 0.717) is 42.5 Å². The van der Waals surface area contributed by atoms with Crippen LogP contribution in [0.5, 0.6) is 0 Å². The molecule has 1 aliphatic rings. The van der Waals surface area contributed by atoms with Crippen molar-refractivity contribution < 1.29 is 12.9 Å². The molecule has 0 aliphatic carbocycles. The molecule has 0 unspecified atom stereocenters. The van der Waals surface area contributed by atoms with Crippen LogP contribution in [0.15, 0.2) is 56.4 Å². The summed E-state index contributed by atoms with van der Waals surface area (Å²) in [5, 5.41) is 4.09. The van der Waals surface area contributed by atoms with Gasteiger partial charge in [-0.15, -0.1) is 0 Å². The molecule has 1 saturated heterocycles. The first-order valence-electron chi connectivity index (χ1n) is 9.51. The zero-order valence-electron chi connectivity index (χ0n) is 16.3. The number of hydrogen-bond acceptors (Lipinski definition) is 5. The molecule has 0 spiro atoms. The minimum absolute atomic E-state index is 0.0675. The van der Waals surface area contributed by atoms with E-state index >= 15 is 0 Å². The molecular formula is C21H22BrN3O3S. The van der Waals surface area contributed by atoms with Crippen molar-refractivity contribution in [2.45, 2.75) is 37.5 Å². The molecule has 1 aromatic heterocycles. The van der Waals surface area contributed by atoms with E-state index in [1.54, 1.807) is 16.4 Å². The second-order valence-electron chi connectivity index (χ2n) is 7.39. The number of piperidine rings is 1. The van der Waals surface area contributed by atoms with Crippen LogP contribution < -0.4 is 0 Å². The second kappa shape index (κ2) is 8.01. The molecule has 2 heterocycles. The van der Waals surface area contributed by atoms with Gasteiger partial charge in [-0.05, 0) is 74.2 Å². The van der Waals surface area contributed by atoms with E-state index in [1.807, 2.05) is 44.2 Å². The molecule has 3 aromatic rings. The fourth-order valence-corrected chi connectivity index (χ4v) is 5.30. The van der Waals surface area contributed by atoms with Crippen LogP contribution in [-0.2, 0) is 10.0 Å². The van der Waals surface area contributed by atoms with Crippen LogP contribution in [0, 0.1) is 13.8 Å². The van der Waals surface area contributed by atoms with Crippen LogP contribution in [0.1, 0.15) is 35.8 Å². The monoisotopic (exact) mass is 475 g/mol. The molecule has 0 radical (unpaired) electrons. The quantitative estimate of drug-likeness (QED) is 0.547. The van der Waals surface area contributed by atoms with E-state index in [0.717, 1.165) is 21.2 Å². The van der Waals surface area contributed by atoms with Crippen molar-refractivity contribution in [3.05, 3.63) is 64.0 Å². The number of benzene rings is 2. The van der Waals surface area contributed by atoms with Crippen LogP contribution >= 0.6 is 15.9 Å². The summed E-state index contributed by atoms with van der Waals surface area (Å²) in [4.78, 5) is 4.90. The lowest BCUT2D eigenvalue weighted by atomic mass is 9.98. The molecular weight excluding hydrogens is 454 g/mol. The molecule has 8 heteroatoms. The van der Waals surface area contributed by atoms with Gasteiger partial charge in [-0.3, -0.25) is 0 Å². The Morgan fingerprint density at radius 1 is 1.03 bits per heavy atom. The van der Waals surface area contributed by atoms with Gasteiger partial charge < -0.3 is 4.52 Å². The topological polar surface area (TPSA) is 76.3 Å². The Kier molecular flexibility index (Phi) is 5.59. The Balaban J connectivity index is 1.45. The number of sulfonamides is 1. The van der Waals surface area contributed by atoms with Gasteiger partial charge in [-0.25, -0.2) is 8.42 Å². The first kappa shape index (κ1) is 20.3. The van der Waals surface area contributed by atoms with E-state index in [-0.39, 0.29) is 5.92 Å². The average molecular weight is 476 g/mol. The Bertz CT molecular complexity index is 1120. The van der Waals surface area contributed by atoms with Gasteiger partial charge in [0.1, 0.15) is 0 Å². The molecule has 0 atom stereocenters. The van der Waals surface area contributed by atoms with E-state index in [2.05, 4.69) is 26.1 Å². The van der Waals surface area contributed by atoms with E-state index in [1.165, 1.54) is 0 Å². The first-order valence-corrected chi connectivity index (χ1v) is 11.7. The SMILES string of the molecule is Cc1ccc(S(=O)(=O)N2CCC(c3nc(-c4ccc(Br)cc4)no3)CC2)cc1C. The normalized spacial score (nSPS) is 16.2. The number of aryl methyl sites for hydroxylation is 2. The third-order valence-electron chi connectivity index (χ3n) is 5.46. The van der Waals surface area contributed by atoms with Crippen molar-refractivity contribution in [1.82, 2.24) is 14.4 Å². The summed E-state index contributed by atoms with van der Waals surface area (Å²) in [7, 11) is -3.49. The fraction of sp³-hybridized carbons (Fsp3) is 0.333. The minimum atomic E-state index is -3.49. The summed E-state index contributed by atoms with van der Waals surface area (Å²) in [6, 6.07) is 13.0. The van der Waals surface area contributed by atoms with Gasteiger partial charge in [-0.2, -0.15) is 9.29 Å². The third-order valence-corrected chi connectivity index (χ3v) is 7.89. The molecule has 152 valence electrons. The predicted molar refractivity (Wildman–Crippen MR) is 114 cm³/mol. The largest absolute Gasteiger partial charge is 0.339 e. The third kappa shape index (κ3) is 4.15. The van der Waals surface area contributed by atoms with Gasteiger partial charge in [0.25, 0.3) is 0 Å². The Hall–Kier alpha value is -2.03. The Morgan fingerprint density at radius 3 is 2.38 bits per heavy atom. The Morgan fingerprint density at radius 2 is 1.72 bits per heavy atom. The summed E-state index contributed by atoms with van der Waals surface area (Å²) < 4.78 is 34.0. The molecule has 2 aromatic carbocycles. The highest BCUT2D eigenvalue weighted by atomic mass is 79.9. The van der Waals surface area contributed by atoms with Crippen molar-refractivity contribution in [3.8, 4) is 11.4 Å². The second-order valence-corrected chi connectivity index (χ2v) is 10.2. The fourth-order valence-electron chi connectivity index (χ4n) is 3.48. The van der Waals surface area contributed by atoms with Crippen LogP contribution in [-0.4, -0.2) is 36.0 Å². The van der Waals surface area contributed by atoms with E-state index in [9.17, 15) is 8.42 Å². The molecule has 0 N–H and O–H groups in total. The number of halogens is 1. The average Bonchev–Trinajstić information content (AvgIpc) is 3.21. The van der Waals surface area contributed by atoms with Gasteiger partial charge in [0.2, 0.25) is 21.7 Å². The van der Waals surface area contributed by atoms with Crippen molar-refractivity contribution in [1.29, 1.82) is 0 Å². The Labute approximate surface area is 179 Å². The molecule has 0 saturated carbocycles. The van der Waals surface area contributed by atoms with Gasteiger partial charge >= 0.3 is 0 Å². The number of hydrogen-bond donors (Lipinski definition) is 0. The lowest BCUT2D eigenvalue weighted by molar-refractivity contribution is 0.271. The molecule has 1 fully saturated rings. The molecule has 0 bridgehead atoms. The zero-order valence-corrected chi connectivity index (χ0v) is 18.7. The van der Waals surface area contributed by atoms with Crippen LogP contribution in [0.2, 0.25) is 0 Å². The highest BCUT2D eigenvalue weighted by Crippen LogP contribution is 2.31. The van der Waals surface area contributed by atoms with Crippen molar-refractivity contribution >= 4 is 26.0 Å². The van der Waals surface area contributed by atoms with Crippen molar-refractivity contribution in [2.24, 2.45) is 0 Å². The van der Waals surface area contributed by atoms with Crippen LogP contribution in [0.3, 0.4) is 0 Å². The lowest BCUT2D eigenvalue weighted by Crippen LogP contribution is -2.38. The maximum atomic E-state index is 13.0. The van der Waals surface area contributed by atoms with Gasteiger partial charge in [0, 0.05) is 29.0 Å². The van der Waals surface area contributed by atoms with Crippen molar-refractivity contribution in [2.75, 3.05) is 13.1 Å². The van der Waals surface area contributed by atoms with Gasteiger partial charge in [0.15, 0.2) is 0 Å². The zero-order chi connectivity index (χ0) is 20.6. The molecule has 1 aliphatic heterocycles. The summed E-state index contributed by atoms with van der Waals surface area (Å²) in [5.74, 6) is 1.20. The highest BCUT2D eigenvalue weighted by Gasteiger charge is 2.32. The summed E-state index contributed by atoms with van der Waals surface area (Å²) in [5.41, 5.74) is 2.95. The van der Waals surface area contributed by atoms with E-state index in [4.69, 9.17) is 4.52 Å². The summed E-state index contributed by atoms with van der Waals surface area (Å²) >= 11 is 3.41.